The molecule has 18 heavy (non-hydrogen) atoms. The minimum Gasteiger partial charge on any atom is -0.493 e. The van der Waals surface area contributed by atoms with Crippen molar-refractivity contribution in [3.8, 4) is 5.75 Å². The Morgan fingerprint density at radius 2 is 1.78 bits per heavy atom. The van der Waals surface area contributed by atoms with Crippen LogP contribution in [0, 0.1) is 13.8 Å². The lowest BCUT2D eigenvalue weighted by Crippen LogP contribution is -3.11. The first-order valence-electron chi connectivity index (χ1n) is 7.21. The number of ether oxygens (including phenoxy) is 1. The van der Waals surface area contributed by atoms with Gasteiger partial charge in [-0.1, -0.05) is 17.7 Å². The summed E-state index contributed by atoms with van der Waals surface area (Å²) >= 11 is 0. The Kier molecular flexibility index (Phi) is 6.81. The van der Waals surface area contributed by atoms with E-state index < -0.39 is 0 Å². The van der Waals surface area contributed by atoms with E-state index in [-0.39, 0.29) is 0 Å². The SMILES string of the molecule is CC[NH+](CC)CCCCOc1ccc(C)cc1C. The Morgan fingerprint density at radius 1 is 1.06 bits per heavy atom. The van der Waals surface area contributed by atoms with E-state index in [2.05, 4.69) is 45.9 Å². The maximum atomic E-state index is 5.83. The van der Waals surface area contributed by atoms with Gasteiger partial charge < -0.3 is 9.64 Å². The summed E-state index contributed by atoms with van der Waals surface area (Å²) < 4.78 is 5.83. The van der Waals surface area contributed by atoms with Crippen LogP contribution >= 0.6 is 0 Å². The molecule has 0 saturated carbocycles. The maximum absolute atomic E-state index is 5.83. The van der Waals surface area contributed by atoms with Crippen LogP contribution in [0.15, 0.2) is 18.2 Å². The van der Waals surface area contributed by atoms with Gasteiger partial charge in [0.1, 0.15) is 5.75 Å². The van der Waals surface area contributed by atoms with Crippen molar-refractivity contribution < 1.29 is 9.64 Å². The molecule has 0 saturated heterocycles. The summed E-state index contributed by atoms with van der Waals surface area (Å²) in [5.74, 6) is 1.04. The molecular weight excluding hydrogens is 222 g/mol. The number of quaternary nitrogens is 1. The highest BCUT2D eigenvalue weighted by Gasteiger charge is 2.02. The van der Waals surface area contributed by atoms with Crippen LogP contribution in [-0.4, -0.2) is 26.2 Å². The summed E-state index contributed by atoms with van der Waals surface area (Å²) in [6.45, 7) is 13.3. The highest BCUT2D eigenvalue weighted by molar-refractivity contribution is 5.35. The van der Waals surface area contributed by atoms with E-state index in [9.17, 15) is 0 Å². The van der Waals surface area contributed by atoms with Crippen molar-refractivity contribution in [2.24, 2.45) is 0 Å². The van der Waals surface area contributed by atoms with Crippen molar-refractivity contribution >= 4 is 0 Å². The quantitative estimate of drug-likeness (QED) is 0.699. The second-order valence-electron chi connectivity index (χ2n) is 5.03. The molecule has 0 spiro atoms. The van der Waals surface area contributed by atoms with E-state index in [1.807, 2.05) is 0 Å². The van der Waals surface area contributed by atoms with Crippen molar-refractivity contribution in [3.63, 3.8) is 0 Å². The molecule has 0 aromatic heterocycles. The standard InChI is InChI=1S/C16H27NO/c1-5-17(6-2)11-7-8-12-18-16-10-9-14(3)13-15(16)4/h9-10,13H,5-8,11-12H2,1-4H3/p+1. The average Bonchev–Trinajstić information content (AvgIpc) is 2.36. The van der Waals surface area contributed by atoms with Gasteiger partial charge in [-0.15, -0.1) is 0 Å². The Morgan fingerprint density at radius 3 is 2.39 bits per heavy atom. The largest absolute Gasteiger partial charge is 0.493 e. The summed E-state index contributed by atoms with van der Waals surface area (Å²) in [6.07, 6.45) is 2.40. The molecule has 2 nitrogen and oxygen atoms in total. The third kappa shape index (κ3) is 5.09. The molecule has 1 N–H and O–H groups in total. The van der Waals surface area contributed by atoms with E-state index in [0.29, 0.717) is 0 Å². The predicted octanol–water partition coefficient (Wildman–Crippen LogP) is 2.39. The average molecular weight is 250 g/mol. The first-order chi connectivity index (χ1) is 8.67. The van der Waals surface area contributed by atoms with E-state index in [1.54, 1.807) is 4.90 Å². The van der Waals surface area contributed by atoms with Gasteiger partial charge in [0.2, 0.25) is 0 Å². The number of hydrogen-bond acceptors (Lipinski definition) is 1. The number of unbranched alkanes of at least 4 members (excludes halogenated alkanes) is 1. The van der Waals surface area contributed by atoms with E-state index in [4.69, 9.17) is 4.74 Å². The second-order valence-corrected chi connectivity index (χ2v) is 5.03. The molecule has 0 aliphatic carbocycles. The van der Waals surface area contributed by atoms with Gasteiger partial charge in [-0.25, -0.2) is 0 Å². The van der Waals surface area contributed by atoms with Gasteiger partial charge in [-0.05, 0) is 52.2 Å². The number of nitrogens with one attached hydrogen (secondary N) is 1. The van der Waals surface area contributed by atoms with Crippen LogP contribution in [0.25, 0.3) is 0 Å². The lowest BCUT2D eigenvalue weighted by Gasteiger charge is -2.15. The lowest BCUT2D eigenvalue weighted by atomic mass is 10.1. The molecule has 2 heteroatoms. The number of aryl methyl sites for hydroxylation is 2. The fourth-order valence-electron chi connectivity index (χ4n) is 2.22. The molecule has 0 aliphatic rings. The third-order valence-corrected chi connectivity index (χ3v) is 3.51. The van der Waals surface area contributed by atoms with Crippen molar-refractivity contribution in [1.82, 2.24) is 0 Å². The Balaban J connectivity index is 2.21. The molecule has 0 atom stereocenters. The minimum atomic E-state index is 0.838. The second kappa shape index (κ2) is 8.15. The first-order valence-corrected chi connectivity index (χ1v) is 7.21. The van der Waals surface area contributed by atoms with Crippen LogP contribution in [0.3, 0.4) is 0 Å². The summed E-state index contributed by atoms with van der Waals surface area (Å²) in [6, 6.07) is 6.37. The molecule has 0 amide bonds. The van der Waals surface area contributed by atoms with Gasteiger partial charge in [-0.3, -0.25) is 0 Å². The summed E-state index contributed by atoms with van der Waals surface area (Å²) in [5, 5.41) is 0. The molecule has 0 heterocycles. The Labute approximate surface area is 112 Å². The van der Waals surface area contributed by atoms with Gasteiger partial charge in [0, 0.05) is 0 Å². The summed E-state index contributed by atoms with van der Waals surface area (Å²) in [7, 11) is 0. The van der Waals surface area contributed by atoms with Crippen LogP contribution in [0.5, 0.6) is 5.75 Å². The Bertz CT molecular complexity index is 345. The molecule has 0 fully saturated rings. The molecule has 1 rings (SSSR count). The first kappa shape index (κ1) is 15.0. The maximum Gasteiger partial charge on any atom is 0.122 e. The normalized spacial score (nSPS) is 10.9. The highest BCUT2D eigenvalue weighted by Crippen LogP contribution is 2.18. The molecule has 0 unspecified atom stereocenters. The van der Waals surface area contributed by atoms with Gasteiger partial charge in [0.05, 0.1) is 26.2 Å². The van der Waals surface area contributed by atoms with Gasteiger partial charge in [-0.2, -0.15) is 0 Å². The monoisotopic (exact) mass is 250 g/mol. The van der Waals surface area contributed by atoms with E-state index >= 15 is 0 Å². The van der Waals surface area contributed by atoms with Gasteiger partial charge in [0.15, 0.2) is 0 Å². The van der Waals surface area contributed by atoms with Crippen molar-refractivity contribution in [1.29, 1.82) is 0 Å². The van der Waals surface area contributed by atoms with Crippen LogP contribution in [0.1, 0.15) is 37.8 Å². The number of hydrogen-bond donors (Lipinski definition) is 1. The van der Waals surface area contributed by atoms with Crippen LogP contribution in [-0.2, 0) is 0 Å². The fourth-order valence-corrected chi connectivity index (χ4v) is 2.22. The minimum absolute atomic E-state index is 0.838. The topological polar surface area (TPSA) is 13.7 Å². The predicted molar refractivity (Wildman–Crippen MR) is 77.6 cm³/mol. The smallest absolute Gasteiger partial charge is 0.122 e. The fraction of sp³-hybridized carbons (Fsp3) is 0.625. The highest BCUT2D eigenvalue weighted by atomic mass is 16.5. The van der Waals surface area contributed by atoms with Gasteiger partial charge >= 0.3 is 0 Å². The van der Waals surface area contributed by atoms with E-state index in [0.717, 1.165) is 18.8 Å². The van der Waals surface area contributed by atoms with Crippen molar-refractivity contribution in [3.05, 3.63) is 29.3 Å². The molecule has 1 aromatic rings. The van der Waals surface area contributed by atoms with Crippen LogP contribution < -0.4 is 9.64 Å². The molecule has 0 radical (unpaired) electrons. The third-order valence-electron chi connectivity index (χ3n) is 3.51. The van der Waals surface area contributed by atoms with E-state index in [1.165, 1.54) is 37.2 Å². The van der Waals surface area contributed by atoms with Crippen molar-refractivity contribution in [2.75, 3.05) is 26.2 Å². The number of rotatable bonds is 8. The Hall–Kier alpha value is -1.02. The van der Waals surface area contributed by atoms with Crippen molar-refractivity contribution in [2.45, 2.75) is 40.5 Å². The zero-order chi connectivity index (χ0) is 13.4. The van der Waals surface area contributed by atoms with Gasteiger partial charge in [0.25, 0.3) is 0 Å². The lowest BCUT2D eigenvalue weighted by molar-refractivity contribution is -0.896. The molecule has 102 valence electrons. The number of benzene rings is 1. The zero-order valence-electron chi connectivity index (χ0n) is 12.4. The molecule has 0 aliphatic heterocycles. The zero-order valence-corrected chi connectivity index (χ0v) is 12.4. The molecule has 1 aromatic carbocycles. The summed E-state index contributed by atoms with van der Waals surface area (Å²) in [4.78, 5) is 1.68. The molecule has 0 bridgehead atoms. The molecular formula is C16H28NO+. The summed E-state index contributed by atoms with van der Waals surface area (Å²) in [5.41, 5.74) is 2.54. The van der Waals surface area contributed by atoms with Crippen LogP contribution in [0.2, 0.25) is 0 Å². The van der Waals surface area contributed by atoms with Crippen LogP contribution in [0.4, 0.5) is 0 Å².